The molecule has 0 fully saturated rings. The van der Waals surface area contributed by atoms with Crippen LogP contribution in [0.1, 0.15) is 36.7 Å². The van der Waals surface area contributed by atoms with Crippen LogP contribution >= 0.6 is 0 Å². The molecule has 1 aliphatic rings. The van der Waals surface area contributed by atoms with Crippen molar-refractivity contribution in [2.75, 3.05) is 26.3 Å². The molecule has 1 aromatic carbocycles. The fraction of sp³-hybridized carbons (Fsp3) is 0.455. The van der Waals surface area contributed by atoms with E-state index in [1.54, 1.807) is 0 Å². The molecule has 28 heavy (non-hydrogen) atoms. The lowest BCUT2D eigenvalue weighted by atomic mass is 10.1. The Bertz CT molecular complexity index is 837. The Morgan fingerprint density at radius 2 is 2.11 bits per heavy atom. The van der Waals surface area contributed by atoms with Gasteiger partial charge in [0, 0.05) is 18.8 Å². The van der Waals surface area contributed by atoms with Crippen molar-refractivity contribution in [3.63, 3.8) is 0 Å². The highest BCUT2D eigenvalue weighted by Gasteiger charge is 2.09. The summed E-state index contributed by atoms with van der Waals surface area (Å²) in [6, 6.07) is 10.4. The van der Waals surface area contributed by atoms with Gasteiger partial charge in [0.25, 0.3) is 0 Å². The van der Waals surface area contributed by atoms with Gasteiger partial charge in [0.15, 0.2) is 5.96 Å². The van der Waals surface area contributed by atoms with Crippen LogP contribution in [0.25, 0.3) is 5.69 Å². The third kappa shape index (κ3) is 5.45. The van der Waals surface area contributed by atoms with Crippen molar-refractivity contribution < 1.29 is 4.74 Å². The second-order valence-corrected chi connectivity index (χ2v) is 7.03. The van der Waals surface area contributed by atoms with Crippen molar-refractivity contribution in [2.45, 2.75) is 40.2 Å². The predicted molar refractivity (Wildman–Crippen MR) is 114 cm³/mol. The van der Waals surface area contributed by atoms with Gasteiger partial charge in [-0.2, -0.15) is 5.10 Å². The Kier molecular flexibility index (Phi) is 7.25. The van der Waals surface area contributed by atoms with Gasteiger partial charge in [-0.1, -0.05) is 29.8 Å². The fourth-order valence-corrected chi connectivity index (χ4v) is 3.36. The summed E-state index contributed by atoms with van der Waals surface area (Å²) in [4.78, 5) is 4.80. The molecule has 0 amide bonds. The first-order chi connectivity index (χ1) is 13.7. The molecule has 1 aromatic heterocycles. The molecule has 0 radical (unpaired) electrons. The molecule has 150 valence electrons. The van der Waals surface area contributed by atoms with Crippen molar-refractivity contribution in [3.05, 3.63) is 58.9 Å². The molecule has 0 aliphatic carbocycles. The molecule has 0 atom stereocenters. The fourth-order valence-electron chi connectivity index (χ4n) is 3.36. The molecular weight excluding hydrogens is 350 g/mol. The molecule has 0 bridgehead atoms. The minimum Gasteiger partial charge on any atom is -0.377 e. The Morgan fingerprint density at radius 3 is 2.82 bits per heavy atom. The molecule has 6 nitrogen and oxygen atoms in total. The van der Waals surface area contributed by atoms with E-state index in [1.165, 1.54) is 5.57 Å². The number of nitrogens with zero attached hydrogens (tertiary/aromatic N) is 3. The number of aryl methyl sites for hydroxylation is 2. The van der Waals surface area contributed by atoms with Crippen molar-refractivity contribution in [2.24, 2.45) is 4.99 Å². The molecule has 1 aliphatic heterocycles. The van der Waals surface area contributed by atoms with Gasteiger partial charge in [-0.15, -0.1) is 0 Å². The maximum absolute atomic E-state index is 5.37. The zero-order valence-electron chi connectivity index (χ0n) is 17.2. The largest absolute Gasteiger partial charge is 0.377 e. The smallest absolute Gasteiger partial charge is 0.191 e. The predicted octanol–water partition coefficient (Wildman–Crippen LogP) is 3.28. The van der Waals surface area contributed by atoms with E-state index >= 15 is 0 Å². The number of aliphatic imine (C=N–C) groups is 1. The number of hydrogen-bond donors (Lipinski definition) is 2. The summed E-state index contributed by atoms with van der Waals surface area (Å²) in [7, 11) is 0. The lowest BCUT2D eigenvalue weighted by Crippen LogP contribution is -2.38. The number of guanidine groups is 1. The number of para-hydroxylation sites is 1. The number of ether oxygens (including phenoxy) is 1. The average Bonchev–Trinajstić information content (AvgIpc) is 3.05. The van der Waals surface area contributed by atoms with E-state index in [4.69, 9.17) is 9.73 Å². The first-order valence-electron chi connectivity index (χ1n) is 10.1. The molecular formula is C22H31N5O. The third-order valence-electron chi connectivity index (χ3n) is 4.78. The van der Waals surface area contributed by atoms with E-state index in [-0.39, 0.29) is 0 Å². The highest BCUT2D eigenvalue weighted by Crippen LogP contribution is 2.18. The lowest BCUT2D eigenvalue weighted by Gasteiger charge is -2.16. The quantitative estimate of drug-likeness (QED) is 0.439. The topological polar surface area (TPSA) is 63.5 Å². The Morgan fingerprint density at radius 1 is 1.25 bits per heavy atom. The maximum Gasteiger partial charge on any atom is 0.191 e. The third-order valence-corrected chi connectivity index (χ3v) is 4.78. The van der Waals surface area contributed by atoms with E-state index in [0.717, 1.165) is 67.7 Å². The molecule has 3 rings (SSSR count). The standard InChI is InChI=1S/C22H31N5O/c1-4-23-22(24-12-9-19-10-13-28-14-11-19)25-16-20-7-5-6-8-21(20)27-18(3)15-17(2)26-27/h5-8,10,15H,4,9,11-14,16H2,1-3H3,(H2,23,24,25). The minimum atomic E-state index is 0.598. The van der Waals surface area contributed by atoms with Crippen LogP contribution in [0.3, 0.4) is 0 Å². The molecule has 0 saturated carbocycles. The number of nitrogens with one attached hydrogen (secondary N) is 2. The summed E-state index contributed by atoms with van der Waals surface area (Å²) in [6.45, 7) is 10.1. The summed E-state index contributed by atoms with van der Waals surface area (Å²) >= 11 is 0. The van der Waals surface area contributed by atoms with Crippen molar-refractivity contribution in [1.82, 2.24) is 20.4 Å². The second kappa shape index (κ2) is 10.1. The van der Waals surface area contributed by atoms with Crippen LogP contribution in [0, 0.1) is 13.8 Å². The van der Waals surface area contributed by atoms with E-state index < -0.39 is 0 Å². The number of hydrogen-bond acceptors (Lipinski definition) is 3. The van der Waals surface area contributed by atoms with Crippen LogP contribution in [0.4, 0.5) is 0 Å². The normalized spacial score (nSPS) is 14.7. The highest BCUT2D eigenvalue weighted by atomic mass is 16.5. The summed E-state index contributed by atoms with van der Waals surface area (Å²) in [5, 5.41) is 11.4. The molecule has 2 heterocycles. The summed E-state index contributed by atoms with van der Waals surface area (Å²) in [5.41, 5.74) is 5.85. The number of benzene rings is 1. The van der Waals surface area contributed by atoms with Gasteiger partial charge in [-0.25, -0.2) is 9.67 Å². The zero-order valence-corrected chi connectivity index (χ0v) is 17.2. The molecule has 0 spiro atoms. The van der Waals surface area contributed by atoms with Gasteiger partial charge in [0.1, 0.15) is 0 Å². The van der Waals surface area contributed by atoms with Gasteiger partial charge in [-0.3, -0.25) is 0 Å². The summed E-state index contributed by atoms with van der Waals surface area (Å²) in [5.74, 6) is 0.846. The van der Waals surface area contributed by atoms with Crippen LogP contribution in [-0.2, 0) is 11.3 Å². The summed E-state index contributed by atoms with van der Waals surface area (Å²) < 4.78 is 7.37. The molecule has 2 aromatic rings. The second-order valence-electron chi connectivity index (χ2n) is 7.03. The van der Waals surface area contributed by atoms with Crippen molar-refractivity contribution >= 4 is 5.96 Å². The van der Waals surface area contributed by atoms with Crippen LogP contribution in [0.15, 0.2) is 47.0 Å². The Labute approximate surface area is 167 Å². The molecule has 2 N–H and O–H groups in total. The van der Waals surface area contributed by atoms with E-state index in [0.29, 0.717) is 6.54 Å². The molecule has 6 heteroatoms. The number of rotatable bonds is 7. The minimum absolute atomic E-state index is 0.598. The van der Waals surface area contributed by atoms with Gasteiger partial charge in [0.05, 0.1) is 31.1 Å². The van der Waals surface area contributed by atoms with Crippen LogP contribution in [-0.4, -0.2) is 42.0 Å². The maximum atomic E-state index is 5.37. The SMILES string of the molecule is CCNC(=NCc1ccccc1-n1nc(C)cc1C)NCCC1=CCOCC1. The van der Waals surface area contributed by atoms with Crippen molar-refractivity contribution in [1.29, 1.82) is 0 Å². The lowest BCUT2D eigenvalue weighted by molar-refractivity contribution is 0.153. The Hall–Kier alpha value is -2.60. The average molecular weight is 382 g/mol. The van der Waals surface area contributed by atoms with Gasteiger partial charge in [-0.05, 0) is 51.3 Å². The summed E-state index contributed by atoms with van der Waals surface area (Å²) in [6.07, 6.45) is 4.25. The van der Waals surface area contributed by atoms with Crippen LogP contribution in [0.2, 0.25) is 0 Å². The van der Waals surface area contributed by atoms with Crippen LogP contribution < -0.4 is 10.6 Å². The monoisotopic (exact) mass is 381 g/mol. The first-order valence-corrected chi connectivity index (χ1v) is 10.1. The van der Waals surface area contributed by atoms with Gasteiger partial charge < -0.3 is 15.4 Å². The van der Waals surface area contributed by atoms with Gasteiger partial charge >= 0.3 is 0 Å². The molecule has 0 unspecified atom stereocenters. The number of aromatic nitrogens is 2. The van der Waals surface area contributed by atoms with Crippen molar-refractivity contribution in [3.8, 4) is 5.69 Å². The first kappa shape index (κ1) is 20.1. The van der Waals surface area contributed by atoms with E-state index in [9.17, 15) is 0 Å². The van der Waals surface area contributed by atoms with Crippen LogP contribution in [0.5, 0.6) is 0 Å². The van der Waals surface area contributed by atoms with Gasteiger partial charge in [0.2, 0.25) is 0 Å². The van der Waals surface area contributed by atoms with E-state index in [1.807, 2.05) is 17.7 Å². The highest BCUT2D eigenvalue weighted by molar-refractivity contribution is 5.79. The Balaban J connectivity index is 1.67. The van der Waals surface area contributed by atoms with E-state index in [2.05, 4.69) is 59.9 Å². The molecule has 0 saturated heterocycles. The zero-order chi connectivity index (χ0) is 19.8.